The van der Waals surface area contributed by atoms with E-state index in [1.807, 2.05) is 0 Å². The molecule has 0 amide bonds. The van der Waals surface area contributed by atoms with Crippen LogP contribution in [0, 0.1) is 5.41 Å². The molecule has 0 spiro atoms. The highest BCUT2D eigenvalue weighted by molar-refractivity contribution is 5.64. The largest absolute Gasteiger partial charge is 0.550 e. The van der Waals surface area contributed by atoms with E-state index in [2.05, 4.69) is 65.2 Å². The van der Waals surface area contributed by atoms with Crippen LogP contribution < -0.4 is 10.0 Å². The Bertz CT molecular complexity index is 563. The van der Waals surface area contributed by atoms with Crippen molar-refractivity contribution < 1.29 is 14.8 Å². The van der Waals surface area contributed by atoms with E-state index in [-0.39, 0.29) is 6.42 Å². The van der Waals surface area contributed by atoms with Crippen LogP contribution >= 0.6 is 0 Å². The van der Waals surface area contributed by atoms with Crippen molar-refractivity contribution in [3.8, 4) is 0 Å². The lowest BCUT2D eigenvalue weighted by Gasteiger charge is -2.17. The summed E-state index contributed by atoms with van der Waals surface area (Å²) < 4.78 is 0. The molecular weight excluding hydrogens is 418 g/mol. The molecule has 0 saturated carbocycles. The van der Waals surface area contributed by atoms with Crippen molar-refractivity contribution in [2.75, 3.05) is 20.6 Å². The van der Waals surface area contributed by atoms with Crippen molar-refractivity contribution in [1.82, 2.24) is 0 Å². The van der Waals surface area contributed by atoms with E-state index in [0.717, 1.165) is 19.3 Å². The molecule has 0 bridgehead atoms. The predicted octanol–water partition coefficient (Wildman–Crippen LogP) is 6.40. The Balaban J connectivity index is 0.000000770. The van der Waals surface area contributed by atoms with Crippen molar-refractivity contribution in [1.29, 1.82) is 0 Å². The molecule has 0 aliphatic carbocycles. The lowest BCUT2D eigenvalue weighted by molar-refractivity contribution is -0.858. The number of aliphatic carboxylic acids is 1. The molecule has 0 atom stereocenters. The van der Waals surface area contributed by atoms with Crippen LogP contribution in [0.1, 0.15) is 129 Å². The average Bonchev–Trinajstić information content (AvgIpc) is 2.76. The van der Waals surface area contributed by atoms with Gasteiger partial charge in [0.25, 0.3) is 0 Å². The van der Waals surface area contributed by atoms with E-state index in [9.17, 15) is 9.90 Å². The zero-order valence-corrected chi connectivity index (χ0v) is 23.4. The number of carbonyl (C=O) groups excluding carboxylic acids is 1. The Kier molecular flexibility index (Phi) is 21.3. The Morgan fingerprint density at radius 3 is 1.65 bits per heavy atom. The van der Waals surface area contributed by atoms with Crippen LogP contribution in [0.3, 0.4) is 0 Å². The number of hydrogen-bond acceptors (Lipinski definition) is 2. The first-order valence-electron chi connectivity index (χ1n) is 14.2. The first-order chi connectivity index (χ1) is 16.2. The van der Waals surface area contributed by atoms with E-state index < -0.39 is 5.97 Å². The second-order valence-electron chi connectivity index (χ2n) is 11.6. The fourth-order valence-corrected chi connectivity index (χ4v) is 4.14. The normalized spacial score (nSPS) is 11.4. The maximum absolute atomic E-state index is 10.0. The summed E-state index contributed by atoms with van der Waals surface area (Å²) in [5.74, 6) is -0.925. The zero-order chi connectivity index (χ0) is 25.5. The van der Waals surface area contributed by atoms with E-state index in [1.165, 1.54) is 95.6 Å². The Labute approximate surface area is 212 Å². The van der Waals surface area contributed by atoms with Crippen LogP contribution in [0.25, 0.3) is 0 Å². The molecule has 0 fully saturated rings. The summed E-state index contributed by atoms with van der Waals surface area (Å²) in [6.45, 7) is 7.94. The number of hydrogen-bond donors (Lipinski definition) is 1. The van der Waals surface area contributed by atoms with Gasteiger partial charge in [-0.2, -0.15) is 0 Å². The molecule has 3 nitrogen and oxygen atoms in total. The van der Waals surface area contributed by atoms with Gasteiger partial charge >= 0.3 is 0 Å². The third kappa shape index (κ3) is 26.9. The third-order valence-corrected chi connectivity index (χ3v) is 6.29. The highest BCUT2D eigenvalue weighted by Crippen LogP contribution is 2.22. The minimum absolute atomic E-state index is 0.212. The van der Waals surface area contributed by atoms with E-state index >= 15 is 0 Å². The van der Waals surface area contributed by atoms with Crippen molar-refractivity contribution in [2.24, 2.45) is 5.41 Å². The molecular formula is C31H57NO2. The second kappa shape index (κ2) is 22.1. The molecule has 3 heteroatoms. The SMILES string of the molecule is CC(C)(C)CCCCCC(=O)[O-].C[NH+](C)CCCCCCCCCCCCCc1ccccc1. The van der Waals surface area contributed by atoms with Gasteiger partial charge in [0, 0.05) is 5.97 Å². The van der Waals surface area contributed by atoms with Gasteiger partial charge in [0.2, 0.25) is 0 Å². The molecule has 34 heavy (non-hydrogen) atoms. The van der Waals surface area contributed by atoms with Crippen LogP contribution in [0.15, 0.2) is 30.3 Å². The van der Waals surface area contributed by atoms with Crippen molar-refractivity contribution in [3.05, 3.63) is 35.9 Å². The van der Waals surface area contributed by atoms with Gasteiger partial charge in [-0.3, -0.25) is 0 Å². The van der Waals surface area contributed by atoms with Gasteiger partial charge < -0.3 is 14.8 Å². The lowest BCUT2D eigenvalue weighted by atomic mass is 9.89. The molecule has 0 aliphatic heterocycles. The quantitative estimate of drug-likeness (QED) is 0.235. The maximum Gasteiger partial charge on any atom is 0.0766 e. The summed E-state index contributed by atoms with van der Waals surface area (Å²) in [7, 11) is 4.50. The van der Waals surface area contributed by atoms with Gasteiger partial charge in [-0.15, -0.1) is 0 Å². The number of quaternary nitrogens is 1. The number of benzene rings is 1. The van der Waals surface area contributed by atoms with E-state index in [1.54, 1.807) is 4.90 Å². The fourth-order valence-electron chi connectivity index (χ4n) is 4.14. The number of nitrogens with one attached hydrogen (secondary N) is 1. The van der Waals surface area contributed by atoms with Gasteiger partial charge in [0.15, 0.2) is 0 Å². The Hall–Kier alpha value is -1.35. The summed E-state index contributed by atoms with van der Waals surface area (Å²) in [5, 5.41) is 10.0. The number of carbonyl (C=O) groups is 1. The van der Waals surface area contributed by atoms with Gasteiger partial charge in [0.05, 0.1) is 20.6 Å². The topological polar surface area (TPSA) is 44.6 Å². The Morgan fingerprint density at radius 1 is 0.706 bits per heavy atom. The zero-order valence-electron chi connectivity index (χ0n) is 23.4. The molecule has 1 aromatic carbocycles. The van der Waals surface area contributed by atoms with Crippen LogP contribution in [0.5, 0.6) is 0 Å². The number of carboxylic acids is 1. The van der Waals surface area contributed by atoms with Crippen LogP contribution in [0.4, 0.5) is 0 Å². The summed E-state index contributed by atoms with van der Waals surface area (Å²) >= 11 is 0. The average molecular weight is 476 g/mol. The molecule has 1 N–H and O–H groups in total. The van der Waals surface area contributed by atoms with Crippen molar-refractivity contribution in [2.45, 2.75) is 130 Å². The minimum atomic E-state index is -0.925. The third-order valence-electron chi connectivity index (χ3n) is 6.29. The summed E-state index contributed by atoms with van der Waals surface area (Å²) in [5.41, 5.74) is 1.87. The fraction of sp³-hybridized carbons (Fsp3) is 0.774. The molecule has 1 rings (SSSR count). The van der Waals surface area contributed by atoms with Crippen molar-refractivity contribution >= 4 is 5.97 Å². The molecule has 198 valence electrons. The van der Waals surface area contributed by atoms with Crippen molar-refractivity contribution in [3.63, 3.8) is 0 Å². The monoisotopic (exact) mass is 475 g/mol. The minimum Gasteiger partial charge on any atom is -0.550 e. The molecule has 0 radical (unpaired) electrons. The number of unbranched alkanes of at least 4 members (excludes halogenated alkanes) is 12. The summed E-state index contributed by atoms with van der Waals surface area (Å²) in [6, 6.07) is 10.9. The first kappa shape index (κ1) is 32.7. The van der Waals surface area contributed by atoms with Gasteiger partial charge in [0.1, 0.15) is 0 Å². The van der Waals surface area contributed by atoms with E-state index in [0.29, 0.717) is 5.41 Å². The van der Waals surface area contributed by atoms with Gasteiger partial charge in [-0.25, -0.2) is 0 Å². The highest BCUT2D eigenvalue weighted by Gasteiger charge is 2.08. The predicted molar refractivity (Wildman–Crippen MR) is 146 cm³/mol. The molecule has 0 heterocycles. The highest BCUT2D eigenvalue weighted by atomic mass is 16.4. The Morgan fingerprint density at radius 2 is 1.18 bits per heavy atom. The molecule has 0 aliphatic rings. The summed E-state index contributed by atoms with van der Waals surface area (Å²) in [6.07, 6.45) is 21.3. The maximum atomic E-state index is 10.0. The second-order valence-corrected chi connectivity index (χ2v) is 11.6. The molecule has 0 unspecified atom stereocenters. The first-order valence-corrected chi connectivity index (χ1v) is 14.2. The van der Waals surface area contributed by atoms with Crippen LogP contribution in [-0.4, -0.2) is 26.6 Å². The number of rotatable bonds is 19. The molecule has 1 aromatic rings. The van der Waals surface area contributed by atoms with Gasteiger partial charge in [-0.1, -0.05) is 115 Å². The standard InChI is InChI=1S/C21H37N.C10H20O2/c1-22(2)20-16-11-9-7-5-3-4-6-8-10-13-17-21-18-14-12-15-19-21;1-10(2,3)8-6-4-5-7-9(11)12/h12,14-15,18-19H,3-11,13,16-17,20H2,1-2H3;4-8H2,1-3H3,(H,11,12). The van der Waals surface area contributed by atoms with E-state index in [4.69, 9.17) is 0 Å². The van der Waals surface area contributed by atoms with Gasteiger partial charge in [-0.05, 0) is 55.9 Å². The molecule has 0 aromatic heterocycles. The molecule has 0 saturated heterocycles. The lowest BCUT2D eigenvalue weighted by Crippen LogP contribution is -3.05. The number of carboxylic acid groups (broad SMARTS) is 1. The summed E-state index contributed by atoms with van der Waals surface area (Å²) in [4.78, 5) is 11.6. The number of aryl methyl sites for hydroxylation is 1. The van der Waals surface area contributed by atoms with Crippen LogP contribution in [-0.2, 0) is 11.2 Å². The smallest absolute Gasteiger partial charge is 0.0766 e. The van der Waals surface area contributed by atoms with Crippen LogP contribution in [0.2, 0.25) is 0 Å².